The SMILES string of the molecule is O=C(NCC(c1cccs1)N1CCc2ccccc2C1)c1ccc(F)cc1. The molecule has 3 nitrogen and oxygen atoms in total. The van der Waals surface area contributed by atoms with Crippen molar-refractivity contribution in [3.05, 3.63) is 93.4 Å². The molecule has 2 aromatic carbocycles. The molecule has 0 fully saturated rings. The Morgan fingerprint density at radius 1 is 1.07 bits per heavy atom. The van der Waals surface area contributed by atoms with Crippen molar-refractivity contribution in [2.45, 2.75) is 19.0 Å². The Morgan fingerprint density at radius 2 is 1.85 bits per heavy atom. The molecule has 3 aromatic rings. The molecule has 0 spiro atoms. The third-order valence-electron chi connectivity index (χ3n) is 5.03. The van der Waals surface area contributed by atoms with Crippen molar-refractivity contribution in [1.29, 1.82) is 0 Å². The van der Waals surface area contributed by atoms with Crippen LogP contribution >= 0.6 is 11.3 Å². The van der Waals surface area contributed by atoms with E-state index in [0.29, 0.717) is 12.1 Å². The molecule has 1 amide bonds. The van der Waals surface area contributed by atoms with E-state index in [2.05, 4.69) is 45.9 Å². The first-order chi connectivity index (χ1) is 13.2. The van der Waals surface area contributed by atoms with Crippen molar-refractivity contribution in [2.24, 2.45) is 0 Å². The molecule has 1 atom stereocenters. The number of nitrogens with zero attached hydrogens (tertiary/aromatic N) is 1. The molecule has 1 aliphatic rings. The summed E-state index contributed by atoms with van der Waals surface area (Å²) in [6.45, 7) is 2.37. The Kier molecular flexibility index (Phi) is 5.32. The molecule has 0 saturated carbocycles. The lowest BCUT2D eigenvalue weighted by molar-refractivity contribution is 0.0928. The van der Waals surface area contributed by atoms with Gasteiger partial charge in [-0.2, -0.15) is 0 Å². The van der Waals surface area contributed by atoms with E-state index >= 15 is 0 Å². The van der Waals surface area contributed by atoms with Gasteiger partial charge in [-0.1, -0.05) is 30.3 Å². The molecule has 5 heteroatoms. The summed E-state index contributed by atoms with van der Waals surface area (Å²) in [5, 5.41) is 5.10. The van der Waals surface area contributed by atoms with Crippen molar-refractivity contribution in [3.63, 3.8) is 0 Å². The molecular weight excluding hydrogens is 359 g/mol. The van der Waals surface area contributed by atoms with Gasteiger partial charge in [-0.15, -0.1) is 11.3 Å². The lowest BCUT2D eigenvalue weighted by atomic mass is 9.98. The highest BCUT2D eigenvalue weighted by atomic mass is 32.1. The van der Waals surface area contributed by atoms with Crippen molar-refractivity contribution >= 4 is 17.2 Å². The zero-order valence-corrected chi connectivity index (χ0v) is 15.7. The number of nitrogens with one attached hydrogen (secondary N) is 1. The number of benzene rings is 2. The highest BCUT2D eigenvalue weighted by molar-refractivity contribution is 7.10. The maximum absolute atomic E-state index is 13.1. The molecule has 138 valence electrons. The quantitative estimate of drug-likeness (QED) is 0.711. The number of halogens is 1. The lowest BCUT2D eigenvalue weighted by Crippen LogP contribution is -2.40. The number of thiophene rings is 1. The van der Waals surface area contributed by atoms with E-state index in [9.17, 15) is 9.18 Å². The summed E-state index contributed by atoms with van der Waals surface area (Å²) >= 11 is 1.71. The maximum atomic E-state index is 13.1. The summed E-state index contributed by atoms with van der Waals surface area (Å²) in [6.07, 6.45) is 1.02. The number of carbonyl (C=O) groups is 1. The van der Waals surface area contributed by atoms with Gasteiger partial charge in [0.15, 0.2) is 0 Å². The minimum absolute atomic E-state index is 0.128. The average molecular weight is 380 g/mol. The van der Waals surface area contributed by atoms with E-state index in [-0.39, 0.29) is 17.8 Å². The summed E-state index contributed by atoms with van der Waals surface area (Å²) in [5.74, 6) is -0.510. The van der Waals surface area contributed by atoms with Crippen LogP contribution < -0.4 is 5.32 Å². The summed E-state index contributed by atoms with van der Waals surface area (Å²) in [6, 6.07) is 18.5. The molecule has 0 saturated heterocycles. The van der Waals surface area contributed by atoms with E-state index in [1.54, 1.807) is 11.3 Å². The standard InChI is InChI=1S/C22H21FN2OS/c23-19-9-7-17(8-10-19)22(26)24-14-20(21-6-3-13-27-21)25-12-11-16-4-1-2-5-18(16)15-25/h1-10,13,20H,11-12,14-15H2,(H,24,26). The van der Waals surface area contributed by atoms with Crippen LogP contribution in [-0.4, -0.2) is 23.9 Å². The first kappa shape index (κ1) is 17.9. The average Bonchev–Trinajstić information content (AvgIpc) is 3.23. The van der Waals surface area contributed by atoms with E-state index in [1.165, 1.54) is 40.3 Å². The lowest BCUT2D eigenvalue weighted by Gasteiger charge is -2.35. The molecule has 0 bridgehead atoms. The van der Waals surface area contributed by atoms with Crippen LogP contribution in [0.5, 0.6) is 0 Å². The first-order valence-electron chi connectivity index (χ1n) is 9.09. The summed E-state index contributed by atoms with van der Waals surface area (Å²) in [4.78, 5) is 16.1. The van der Waals surface area contributed by atoms with Gasteiger partial charge in [-0.05, 0) is 53.3 Å². The summed E-state index contributed by atoms with van der Waals surface area (Å²) in [7, 11) is 0. The van der Waals surface area contributed by atoms with Crippen LogP contribution in [-0.2, 0) is 13.0 Å². The second kappa shape index (κ2) is 8.03. The first-order valence-corrected chi connectivity index (χ1v) is 9.96. The molecule has 27 heavy (non-hydrogen) atoms. The largest absolute Gasteiger partial charge is 0.350 e. The molecule has 1 N–H and O–H groups in total. The van der Waals surface area contributed by atoms with Crippen molar-refractivity contribution in [1.82, 2.24) is 10.2 Å². The third kappa shape index (κ3) is 4.10. The second-order valence-electron chi connectivity index (χ2n) is 6.74. The van der Waals surface area contributed by atoms with Crippen LogP contribution in [0.4, 0.5) is 4.39 Å². The van der Waals surface area contributed by atoms with Gasteiger partial charge in [0.2, 0.25) is 0 Å². The van der Waals surface area contributed by atoms with Gasteiger partial charge >= 0.3 is 0 Å². The Morgan fingerprint density at radius 3 is 2.59 bits per heavy atom. The Hall–Kier alpha value is -2.50. The van der Waals surface area contributed by atoms with Crippen molar-refractivity contribution in [2.75, 3.05) is 13.1 Å². The van der Waals surface area contributed by atoms with Gasteiger partial charge in [0.1, 0.15) is 5.82 Å². The zero-order chi connectivity index (χ0) is 18.6. The van der Waals surface area contributed by atoms with Crippen LogP contribution in [0.3, 0.4) is 0 Å². The summed E-state index contributed by atoms with van der Waals surface area (Å²) in [5.41, 5.74) is 3.24. The molecule has 4 rings (SSSR count). The van der Waals surface area contributed by atoms with Crippen molar-refractivity contribution in [3.8, 4) is 0 Å². The normalized spacial score (nSPS) is 15.1. The minimum Gasteiger partial charge on any atom is -0.350 e. The predicted octanol–water partition coefficient (Wildman–Crippen LogP) is 4.42. The number of amides is 1. The number of hydrogen-bond acceptors (Lipinski definition) is 3. The van der Waals surface area contributed by atoms with Gasteiger partial charge < -0.3 is 5.32 Å². The number of rotatable bonds is 5. The molecule has 1 aliphatic heterocycles. The van der Waals surface area contributed by atoms with Crippen molar-refractivity contribution < 1.29 is 9.18 Å². The van der Waals surface area contributed by atoms with Gasteiger partial charge in [-0.3, -0.25) is 9.69 Å². The number of fused-ring (bicyclic) bond motifs is 1. The molecule has 0 aliphatic carbocycles. The fourth-order valence-corrected chi connectivity index (χ4v) is 4.43. The van der Waals surface area contributed by atoms with E-state index in [0.717, 1.165) is 19.5 Å². The van der Waals surface area contributed by atoms with E-state index in [4.69, 9.17) is 0 Å². The van der Waals surface area contributed by atoms with Crippen LogP contribution in [0.1, 0.15) is 32.4 Å². The van der Waals surface area contributed by atoms with Gasteiger partial charge in [0.05, 0.1) is 6.04 Å². The topological polar surface area (TPSA) is 32.3 Å². The highest BCUT2D eigenvalue weighted by Gasteiger charge is 2.26. The molecular formula is C22H21FN2OS. The second-order valence-corrected chi connectivity index (χ2v) is 7.72. The predicted molar refractivity (Wildman–Crippen MR) is 106 cm³/mol. The summed E-state index contributed by atoms with van der Waals surface area (Å²) < 4.78 is 13.1. The van der Waals surface area contributed by atoms with Crippen LogP contribution in [0.2, 0.25) is 0 Å². The zero-order valence-electron chi connectivity index (χ0n) is 14.9. The molecule has 0 radical (unpaired) electrons. The number of carbonyl (C=O) groups excluding carboxylic acids is 1. The molecule has 1 aromatic heterocycles. The van der Waals surface area contributed by atoms with E-state index < -0.39 is 0 Å². The third-order valence-corrected chi connectivity index (χ3v) is 6.01. The fourth-order valence-electron chi connectivity index (χ4n) is 3.57. The fraction of sp³-hybridized carbons (Fsp3) is 0.227. The number of hydrogen-bond donors (Lipinski definition) is 1. The van der Waals surface area contributed by atoms with Crippen LogP contribution in [0, 0.1) is 5.82 Å². The Balaban J connectivity index is 1.49. The Labute approximate surface area is 162 Å². The van der Waals surface area contributed by atoms with E-state index in [1.807, 2.05) is 6.07 Å². The van der Waals surface area contributed by atoms with Gasteiger partial charge in [0, 0.05) is 30.1 Å². The van der Waals surface area contributed by atoms with Gasteiger partial charge in [0.25, 0.3) is 5.91 Å². The van der Waals surface area contributed by atoms with Crippen LogP contribution in [0.15, 0.2) is 66.0 Å². The molecule has 1 unspecified atom stereocenters. The smallest absolute Gasteiger partial charge is 0.251 e. The minimum atomic E-state index is -0.338. The van der Waals surface area contributed by atoms with Gasteiger partial charge in [-0.25, -0.2) is 4.39 Å². The maximum Gasteiger partial charge on any atom is 0.251 e. The Bertz CT molecular complexity index is 908. The monoisotopic (exact) mass is 380 g/mol. The molecule has 2 heterocycles. The highest BCUT2D eigenvalue weighted by Crippen LogP contribution is 2.30. The van der Waals surface area contributed by atoms with Crippen LogP contribution in [0.25, 0.3) is 0 Å².